The maximum Gasteiger partial charge on any atom is 0.245 e. The average molecular weight is 348 g/mol. The fourth-order valence-electron chi connectivity index (χ4n) is 2.39. The van der Waals surface area contributed by atoms with Gasteiger partial charge >= 0.3 is 0 Å². The summed E-state index contributed by atoms with van der Waals surface area (Å²) >= 11 is 6.83. The number of alkyl halides is 1. The zero-order valence-corrected chi connectivity index (χ0v) is 14.4. The van der Waals surface area contributed by atoms with Crippen molar-refractivity contribution >= 4 is 44.4 Å². The van der Waals surface area contributed by atoms with Gasteiger partial charge in [0.2, 0.25) is 10.0 Å². The molecular weight excluding hydrogens is 330 g/mol. The maximum atomic E-state index is 13.0. The van der Waals surface area contributed by atoms with E-state index in [0.717, 1.165) is 24.6 Å². The van der Waals surface area contributed by atoms with Crippen LogP contribution < -0.4 is 0 Å². The summed E-state index contributed by atoms with van der Waals surface area (Å²) in [6.45, 7) is 4.26. The van der Waals surface area contributed by atoms with E-state index in [2.05, 4.69) is 8.75 Å². The van der Waals surface area contributed by atoms with Gasteiger partial charge in [0.15, 0.2) is 0 Å². The summed E-state index contributed by atoms with van der Waals surface area (Å²) in [6, 6.07) is 4.99. The number of aromatic nitrogens is 2. The molecule has 2 aromatic rings. The van der Waals surface area contributed by atoms with Crippen LogP contribution in [-0.2, 0) is 10.0 Å². The van der Waals surface area contributed by atoms with E-state index in [4.69, 9.17) is 11.6 Å². The minimum absolute atomic E-state index is 0.0596. The number of nitrogens with zero attached hydrogens (tertiary/aromatic N) is 3. The van der Waals surface area contributed by atoms with Gasteiger partial charge < -0.3 is 0 Å². The van der Waals surface area contributed by atoms with Crippen LogP contribution in [0.2, 0.25) is 0 Å². The normalized spacial score (nSPS) is 12.6. The first-order chi connectivity index (χ1) is 10.1. The van der Waals surface area contributed by atoms with Crippen molar-refractivity contribution in [3.8, 4) is 0 Å². The summed E-state index contributed by atoms with van der Waals surface area (Å²) in [4.78, 5) is 0.214. The second-order valence-corrected chi connectivity index (χ2v) is 7.43. The van der Waals surface area contributed by atoms with Crippen LogP contribution in [0.1, 0.15) is 26.7 Å². The van der Waals surface area contributed by atoms with Crippen molar-refractivity contribution in [2.24, 2.45) is 0 Å². The van der Waals surface area contributed by atoms with E-state index in [1.807, 2.05) is 13.8 Å². The van der Waals surface area contributed by atoms with Crippen LogP contribution in [0.15, 0.2) is 23.1 Å². The molecular formula is C13H18ClN3O2S2. The quantitative estimate of drug-likeness (QED) is 0.722. The summed E-state index contributed by atoms with van der Waals surface area (Å²) < 4.78 is 35.7. The van der Waals surface area contributed by atoms with E-state index >= 15 is 0 Å². The largest absolute Gasteiger partial charge is 0.245 e. The summed E-state index contributed by atoms with van der Waals surface area (Å²) in [5.74, 6) is 0.265. The molecule has 0 bridgehead atoms. The molecule has 1 aromatic heterocycles. The van der Waals surface area contributed by atoms with E-state index in [1.165, 1.54) is 4.31 Å². The standard InChI is InChI=1S/C13H18ClN3O2S2/c1-3-10(4-2)17(9-8-14)21(18,19)12-7-5-6-11-13(12)16-20-15-11/h5-7,10H,3-4,8-9H2,1-2H3. The van der Waals surface area contributed by atoms with Crippen LogP contribution in [0, 0.1) is 0 Å². The van der Waals surface area contributed by atoms with Crippen LogP contribution >= 0.6 is 23.3 Å². The molecule has 0 aliphatic carbocycles. The third-order valence-electron chi connectivity index (χ3n) is 3.49. The van der Waals surface area contributed by atoms with Crippen molar-refractivity contribution in [3.05, 3.63) is 18.2 Å². The number of hydrogen-bond donors (Lipinski definition) is 0. The Morgan fingerprint density at radius 2 is 2.00 bits per heavy atom. The molecule has 116 valence electrons. The molecule has 8 heteroatoms. The Labute approximate surface area is 134 Å². The van der Waals surface area contributed by atoms with Gasteiger partial charge in [-0.15, -0.1) is 11.6 Å². The lowest BCUT2D eigenvalue weighted by Gasteiger charge is -2.29. The molecule has 0 fully saturated rings. The molecule has 0 radical (unpaired) electrons. The molecule has 0 saturated heterocycles. The Balaban J connectivity index is 2.54. The van der Waals surface area contributed by atoms with Crippen molar-refractivity contribution in [1.29, 1.82) is 0 Å². The van der Waals surface area contributed by atoms with Crippen molar-refractivity contribution in [1.82, 2.24) is 13.1 Å². The second kappa shape index (κ2) is 7.00. The van der Waals surface area contributed by atoms with E-state index in [0.29, 0.717) is 17.6 Å². The smallest absolute Gasteiger partial charge is 0.207 e. The van der Waals surface area contributed by atoms with Gasteiger partial charge in [-0.05, 0) is 25.0 Å². The van der Waals surface area contributed by atoms with E-state index in [1.54, 1.807) is 18.2 Å². The molecule has 0 N–H and O–H groups in total. The van der Waals surface area contributed by atoms with Gasteiger partial charge in [0, 0.05) is 18.5 Å². The molecule has 0 aliphatic rings. The zero-order chi connectivity index (χ0) is 15.5. The van der Waals surface area contributed by atoms with Crippen molar-refractivity contribution in [2.45, 2.75) is 37.6 Å². The summed E-state index contributed by atoms with van der Waals surface area (Å²) in [5, 5.41) is 0. The molecule has 1 aromatic carbocycles. The first-order valence-electron chi connectivity index (χ1n) is 6.85. The highest BCUT2D eigenvalue weighted by Crippen LogP contribution is 2.27. The number of fused-ring (bicyclic) bond motifs is 1. The number of hydrogen-bond acceptors (Lipinski definition) is 5. The summed E-state index contributed by atoms with van der Waals surface area (Å²) in [7, 11) is -3.63. The van der Waals surface area contributed by atoms with Crippen LogP contribution in [0.3, 0.4) is 0 Å². The number of halogens is 1. The van der Waals surface area contributed by atoms with Crippen LogP contribution in [0.25, 0.3) is 11.0 Å². The molecule has 0 spiro atoms. The SMILES string of the molecule is CCC(CC)N(CCCl)S(=O)(=O)c1cccc2nsnc12. The first-order valence-corrected chi connectivity index (χ1v) is 9.55. The van der Waals surface area contributed by atoms with Gasteiger partial charge in [-0.25, -0.2) is 8.42 Å². The van der Waals surface area contributed by atoms with Gasteiger partial charge in [0.25, 0.3) is 0 Å². The minimum Gasteiger partial charge on any atom is -0.207 e. The topological polar surface area (TPSA) is 63.2 Å². The fourth-order valence-corrected chi connectivity index (χ4v) is 5.20. The molecule has 1 heterocycles. The number of rotatable bonds is 7. The Morgan fingerprint density at radius 3 is 2.62 bits per heavy atom. The lowest BCUT2D eigenvalue weighted by molar-refractivity contribution is 0.317. The predicted octanol–water partition coefficient (Wildman–Crippen LogP) is 3.11. The molecule has 21 heavy (non-hydrogen) atoms. The predicted molar refractivity (Wildman–Crippen MR) is 86.4 cm³/mol. The molecule has 0 amide bonds. The monoisotopic (exact) mass is 347 g/mol. The van der Waals surface area contributed by atoms with Crippen molar-refractivity contribution in [2.75, 3.05) is 12.4 Å². The molecule has 5 nitrogen and oxygen atoms in total. The minimum atomic E-state index is -3.63. The lowest BCUT2D eigenvalue weighted by Crippen LogP contribution is -2.41. The Bertz CT molecular complexity index is 698. The molecule has 0 unspecified atom stereocenters. The molecule has 2 rings (SSSR count). The first kappa shape index (κ1) is 16.6. The van der Waals surface area contributed by atoms with Crippen LogP contribution in [0.5, 0.6) is 0 Å². The maximum absolute atomic E-state index is 13.0. The van der Waals surface area contributed by atoms with Crippen LogP contribution in [-0.4, -0.2) is 39.9 Å². The molecule has 0 aliphatic heterocycles. The van der Waals surface area contributed by atoms with Crippen molar-refractivity contribution < 1.29 is 8.42 Å². The number of benzene rings is 1. The van der Waals surface area contributed by atoms with Gasteiger partial charge in [-0.2, -0.15) is 13.1 Å². The Morgan fingerprint density at radius 1 is 1.29 bits per heavy atom. The summed E-state index contributed by atoms with van der Waals surface area (Å²) in [5.41, 5.74) is 1.05. The van der Waals surface area contributed by atoms with Gasteiger partial charge in [-0.1, -0.05) is 19.9 Å². The third kappa shape index (κ3) is 3.21. The average Bonchev–Trinajstić information content (AvgIpc) is 2.95. The number of sulfonamides is 1. The molecule has 0 saturated carbocycles. The van der Waals surface area contributed by atoms with E-state index in [-0.39, 0.29) is 16.8 Å². The van der Waals surface area contributed by atoms with Crippen LogP contribution in [0.4, 0.5) is 0 Å². The highest BCUT2D eigenvalue weighted by atomic mass is 35.5. The van der Waals surface area contributed by atoms with Gasteiger partial charge in [0.05, 0.1) is 11.7 Å². The summed E-state index contributed by atoms with van der Waals surface area (Å²) in [6.07, 6.45) is 1.50. The Hall–Kier alpha value is -0.760. The highest BCUT2D eigenvalue weighted by Gasteiger charge is 2.31. The van der Waals surface area contributed by atoms with Crippen molar-refractivity contribution in [3.63, 3.8) is 0 Å². The second-order valence-electron chi connectivity index (χ2n) is 4.66. The highest BCUT2D eigenvalue weighted by molar-refractivity contribution is 7.89. The van der Waals surface area contributed by atoms with E-state index < -0.39 is 10.0 Å². The fraction of sp³-hybridized carbons (Fsp3) is 0.538. The Kier molecular flexibility index (Phi) is 5.54. The van der Waals surface area contributed by atoms with Gasteiger partial charge in [-0.3, -0.25) is 0 Å². The molecule has 0 atom stereocenters. The lowest BCUT2D eigenvalue weighted by atomic mass is 10.2. The van der Waals surface area contributed by atoms with E-state index in [9.17, 15) is 8.42 Å². The third-order valence-corrected chi connectivity index (χ3v) is 6.19. The zero-order valence-electron chi connectivity index (χ0n) is 12.0. The van der Waals surface area contributed by atoms with Gasteiger partial charge in [0.1, 0.15) is 15.9 Å².